The molecule has 0 atom stereocenters. The Hall–Kier alpha value is -2.03. The normalized spacial score (nSPS) is 17.1. The molecule has 2 aromatic rings. The molecule has 2 aromatic carbocycles. The second-order valence-electron chi connectivity index (χ2n) is 5.42. The Balaban J connectivity index is 2.17. The largest absolute Gasteiger partial charge is 0.496 e. The third-order valence-corrected chi connectivity index (χ3v) is 3.26. The van der Waals surface area contributed by atoms with Gasteiger partial charge in [0.25, 0.3) is 0 Å². The van der Waals surface area contributed by atoms with Crippen molar-refractivity contribution in [2.24, 2.45) is 4.99 Å². The molecule has 1 heterocycles. The van der Waals surface area contributed by atoms with Crippen molar-refractivity contribution in [2.45, 2.75) is 19.4 Å². The summed E-state index contributed by atoms with van der Waals surface area (Å²) in [4.78, 5) is 4.62. The van der Waals surface area contributed by atoms with Crippen LogP contribution in [-0.2, 0) is 4.74 Å². The van der Waals surface area contributed by atoms with Gasteiger partial charge in [-0.1, -0.05) is 24.3 Å². The van der Waals surface area contributed by atoms with Crippen molar-refractivity contribution >= 4 is 16.7 Å². The molecule has 1 aliphatic heterocycles. The van der Waals surface area contributed by atoms with Gasteiger partial charge in [-0.15, -0.1) is 0 Å². The maximum absolute atomic E-state index is 5.72. The van der Waals surface area contributed by atoms with Crippen LogP contribution in [0.2, 0.25) is 0 Å². The van der Waals surface area contributed by atoms with Crippen LogP contribution in [0.5, 0.6) is 5.75 Å². The Labute approximate surface area is 112 Å². The summed E-state index contributed by atoms with van der Waals surface area (Å²) in [7, 11) is 1.67. The molecule has 0 bridgehead atoms. The molecule has 3 nitrogen and oxygen atoms in total. The summed E-state index contributed by atoms with van der Waals surface area (Å²) in [5.41, 5.74) is 0.762. The predicted molar refractivity (Wildman–Crippen MR) is 77.1 cm³/mol. The Kier molecular flexibility index (Phi) is 2.70. The van der Waals surface area contributed by atoms with E-state index in [1.807, 2.05) is 18.2 Å². The van der Waals surface area contributed by atoms with Gasteiger partial charge in [0, 0.05) is 0 Å². The lowest BCUT2D eigenvalue weighted by atomic mass is 10.1. The zero-order valence-electron chi connectivity index (χ0n) is 11.4. The van der Waals surface area contributed by atoms with E-state index in [4.69, 9.17) is 9.47 Å². The van der Waals surface area contributed by atoms with Crippen LogP contribution in [0.25, 0.3) is 10.8 Å². The zero-order valence-corrected chi connectivity index (χ0v) is 11.4. The Morgan fingerprint density at radius 2 is 1.84 bits per heavy atom. The van der Waals surface area contributed by atoms with Crippen molar-refractivity contribution in [1.82, 2.24) is 0 Å². The molecule has 0 unspecified atom stereocenters. The van der Waals surface area contributed by atoms with Gasteiger partial charge in [-0.25, -0.2) is 4.99 Å². The smallest absolute Gasteiger partial charge is 0.220 e. The number of ether oxygens (including phenoxy) is 2. The summed E-state index contributed by atoms with van der Waals surface area (Å²) in [6.45, 7) is 4.74. The molecule has 0 aliphatic carbocycles. The molecule has 0 amide bonds. The van der Waals surface area contributed by atoms with Crippen LogP contribution in [0.15, 0.2) is 41.4 Å². The maximum Gasteiger partial charge on any atom is 0.220 e. The molecule has 0 radical (unpaired) electrons. The summed E-state index contributed by atoms with van der Waals surface area (Å²) in [6, 6.07) is 12.3. The Bertz CT molecular complexity index is 659. The number of nitrogens with zero attached hydrogens (tertiary/aromatic N) is 1. The molecular formula is C16H17NO2. The number of hydrogen-bond acceptors (Lipinski definition) is 3. The minimum Gasteiger partial charge on any atom is -0.496 e. The van der Waals surface area contributed by atoms with Crippen molar-refractivity contribution in [3.8, 4) is 5.75 Å². The standard InChI is InChI=1S/C16H17NO2/c1-16(2)10-19-15(17-16)13-8-11-6-4-5-7-12(11)9-14(13)18-3/h4-9H,10H2,1-3H3. The number of aliphatic imine (C=N–C) groups is 1. The first-order valence-corrected chi connectivity index (χ1v) is 6.39. The molecule has 0 saturated heterocycles. The first-order chi connectivity index (χ1) is 9.09. The number of methoxy groups -OCH3 is 1. The third kappa shape index (κ3) is 2.16. The topological polar surface area (TPSA) is 30.8 Å². The van der Waals surface area contributed by atoms with Crippen LogP contribution in [0.1, 0.15) is 19.4 Å². The van der Waals surface area contributed by atoms with E-state index in [9.17, 15) is 0 Å². The van der Waals surface area contributed by atoms with Crippen LogP contribution in [0.3, 0.4) is 0 Å². The van der Waals surface area contributed by atoms with E-state index in [0.717, 1.165) is 22.1 Å². The maximum atomic E-state index is 5.72. The van der Waals surface area contributed by atoms with E-state index in [2.05, 4.69) is 37.0 Å². The first kappa shape index (κ1) is 12.0. The van der Waals surface area contributed by atoms with Crippen molar-refractivity contribution in [3.63, 3.8) is 0 Å². The van der Waals surface area contributed by atoms with Crippen LogP contribution < -0.4 is 4.74 Å². The molecule has 0 aromatic heterocycles. The summed E-state index contributed by atoms with van der Waals surface area (Å²) in [5, 5.41) is 2.32. The van der Waals surface area contributed by atoms with Gasteiger partial charge in [0.1, 0.15) is 12.4 Å². The minimum atomic E-state index is -0.161. The van der Waals surface area contributed by atoms with Crippen molar-refractivity contribution in [2.75, 3.05) is 13.7 Å². The monoisotopic (exact) mass is 255 g/mol. The van der Waals surface area contributed by atoms with E-state index in [0.29, 0.717) is 12.5 Å². The van der Waals surface area contributed by atoms with Crippen molar-refractivity contribution in [1.29, 1.82) is 0 Å². The van der Waals surface area contributed by atoms with E-state index < -0.39 is 0 Å². The van der Waals surface area contributed by atoms with E-state index in [-0.39, 0.29) is 5.54 Å². The highest BCUT2D eigenvalue weighted by Gasteiger charge is 2.28. The highest BCUT2D eigenvalue weighted by Crippen LogP contribution is 2.30. The predicted octanol–water partition coefficient (Wildman–Crippen LogP) is 3.40. The average molecular weight is 255 g/mol. The quantitative estimate of drug-likeness (QED) is 0.823. The molecule has 19 heavy (non-hydrogen) atoms. The van der Waals surface area contributed by atoms with E-state index in [1.54, 1.807) is 7.11 Å². The lowest BCUT2D eigenvalue weighted by molar-refractivity contribution is 0.278. The highest BCUT2D eigenvalue weighted by molar-refractivity contribution is 6.02. The molecule has 98 valence electrons. The van der Waals surface area contributed by atoms with Crippen molar-refractivity contribution in [3.05, 3.63) is 42.0 Å². The third-order valence-electron chi connectivity index (χ3n) is 3.26. The van der Waals surface area contributed by atoms with Gasteiger partial charge in [0.15, 0.2) is 0 Å². The average Bonchev–Trinajstić information content (AvgIpc) is 2.77. The van der Waals surface area contributed by atoms with Crippen LogP contribution in [0, 0.1) is 0 Å². The molecule has 0 N–H and O–H groups in total. The fourth-order valence-corrected chi connectivity index (χ4v) is 2.28. The van der Waals surface area contributed by atoms with Gasteiger partial charge in [-0.3, -0.25) is 0 Å². The Morgan fingerprint density at radius 3 is 2.42 bits per heavy atom. The molecule has 0 fully saturated rings. The summed E-state index contributed by atoms with van der Waals surface area (Å²) in [6.07, 6.45) is 0. The first-order valence-electron chi connectivity index (χ1n) is 6.39. The van der Waals surface area contributed by atoms with Gasteiger partial charge in [-0.2, -0.15) is 0 Å². The van der Waals surface area contributed by atoms with Gasteiger partial charge in [0.2, 0.25) is 5.90 Å². The fraction of sp³-hybridized carbons (Fsp3) is 0.312. The van der Waals surface area contributed by atoms with Gasteiger partial charge >= 0.3 is 0 Å². The number of fused-ring (bicyclic) bond motifs is 1. The SMILES string of the molecule is COc1cc2ccccc2cc1C1=NC(C)(C)CO1. The number of hydrogen-bond donors (Lipinski definition) is 0. The summed E-state index contributed by atoms with van der Waals surface area (Å²) >= 11 is 0. The summed E-state index contributed by atoms with van der Waals surface area (Å²) < 4.78 is 11.2. The molecule has 1 aliphatic rings. The number of benzene rings is 2. The number of rotatable bonds is 2. The van der Waals surface area contributed by atoms with Crippen LogP contribution >= 0.6 is 0 Å². The fourth-order valence-electron chi connectivity index (χ4n) is 2.28. The minimum absolute atomic E-state index is 0.161. The molecule has 0 spiro atoms. The van der Waals surface area contributed by atoms with Crippen LogP contribution in [-0.4, -0.2) is 25.2 Å². The highest BCUT2D eigenvalue weighted by atomic mass is 16.5. The van der Waals surface area contributed by atoms with Crippen molar-refractivity contribution < 1.29 is 9.47 Å². The second-order valence-corrected chi connectivity index (χ2v) is 5.42. The summed E-state index contributed by atoms with van der Waals surface area (Å²) in [5.74, 6) is 1.47. The lowest BCUT2D eigenvalue weighted by Gasteiger charge is -2.10. The molecule has 3 rings (SSSR count). The Morgan fingerprint density at radius 1 is 1.16 bits per heavy atom. The van der Waals surface area contributed by atoms with Gasteiger partial charge in [-0.05, 0) is 36.8 Å². The second kappa shape index (κ2) is 4.26. The van der Waals surface area contributed by atoms with Crippen LogP contribution in [0.4, 0.5) is 0 Å². The van der Waals surface area contributed by atoms with E-state index in [1.165, 1.54) is 0 Å². The lowest BCUT2D eigenvalue weighted by Crippen LogP contribution is -2.17. The van der Waals surface area contributed by atoms with E-state index >= 15 is 0 Å². The van der Waals surface area contributed by atoms with Gasteiger partial charge < -0.3 is 9.47 Å². The molecule has 3 heteroatoms. The molecular weight excluding hydrogens is 238 g/mol. The zero-order chi connectivity index (χ0) is 13.5. The van der Waals surface area contributed by atoms with Gasteiger partial charge in [0.05, 0.1) is 18.2 Å². The molecule has 0 saturated carbocycles.